The van der Waals surface area contributed by atoms with Crippen molar-refractivity contribution in [1.29, 1.82) is 0 Å². The quantitative estimate of drug-likeness (QED) is 0.617. The minimum atomic E-state index is -0.977. The van der Waals surface area contributed by atoms with E-state index in [1.807, 2.05) is 12.1 Å². The summed E-state index contributed by atoms with van der Waals surface area (Å²) in [5.41, 5.74) is 7.66. The van der Waals surface area contributed by atoms with Gasteiger partial charge in [-0.3, -0.25) is 14.4 Å². The Hall–Kier alpha value is -3.39. The molecule has 1 aliphatic rings. The van der Waals surface area contributed by atoms with Gasteiger partial charge in [-0.05, 0) is 30.3 Å². The Kier molecular flexibility index (Phi) is 5.90. The van der Waals surface area contributed by atoms with E-state index in [4.69, 9.17) is 10.5 Å². The fraction of sp³-hybridized carbons (Fsp3) is 0.250. The van der Waals surface area contributed by atoms with Crippen molar-refractivity contribution in [1.82, 2.24) is 0 Å². The molecule has 1 aliphatic heterocycles. The van der Waals surface area contributed by atoms with Crippen LogP contribution in [0.1, 0.15) is 6.92 Å². The van der Waals surface area contributed by atoms with E-state index < -0.39 is 17.7 Å². The van der Waals surface area contributed by atoms with Gasteiger partial charge in [-0.2, -0.15) is 0 Å². The summed E-state index contributed by atoms with van der Waals surface area (Å²) in [7, 11) is 0. The SMILES string of the molecule is CC(=O)N(C(=O)C(=O)Nc1ccccc1N1CCOCC1)c1cccc(N)c1. The molecule has 0 aliphatic carbocycles. The number of imide groups is 1. The number of benzene rings is 2. The highest BCUT2D eigenvalue weighted by molar-refractivity contribution is 6.48. The van der Waals surface area contributed by atoms with Gasteiger partial charge in [0.2, 0.25) is 5.91 Å². The van der Waals surface area contributed by atoms with Gasteiger partial charge in [0.15, 0.2) is 0 Å². The average molecular weight is 382 g/mol. The van der Waals surface area contributed by atoms with E-state index in [1.165, 1.54) is 13.0 Å². The smallest absolute Gasteiger partial charge is 0.323 e. The molecular weight excluding hydrogens is 360 g/mol. The van der Waals surface area contributed by atoms with Gasteiger partial charge in [-0.15, -0.1) is 0 Å². The molecule has 1 fully saturated rings. The number of nitrogens with one attached hydrogen (secondary N) is 1. The maximum absolute atomic E-state index is 12.7. The third kappa shape index (κ3) is 4.29. The number of para-hydroxylation sites is 2. The van der Waals surface area contributed by atoms with Crippen LogP contribution in [0, 0.1) is 0 Å². The predicted molar refractivity (Wildman–Crippen MR) is 107 cm³/mol. The standard InChI is InChI=1S/C20H22N4O4/c1-14(25)24(16-6-4-5-15(21)13-16)20(27)19(26)22-17-7-2-3-8-18(17)23-9-11-28-12-10-23/h2-8,13H,9-12,21H2,1H3,(H,22,26). The van der Waals surface area contributed by atoms with E-state index in [2.05, 4.69) is 10.2 Å². The molecular formula is C20H22N4O4. The number of hydrogen-bond acceptors (Lipinski definition) is 6. The number of nitrogens with two attached hydrogens (primary N) is 1. The number of nitrogens with zero attached hydrogens (tertiary/aromatic N) is 2. The summed E-state index contributed by atoms with van der Waals surface area (Å²) >= 11 is 0. The van der Waals surface area contributed by atoms with Gasteiger partial charge < -0.3 is 20.7 Å². The van der Waals surface area contributed by atoms with Crippen LogP contribution in [0.3, 0.4) is 0 Å². The summed E-state index contributed by atoms with van der Waals surface area (Å²) in [6, 6.07) is 13.5. The third-order valence-electron chi connectivity index (χ3n) is 4.34. The van der Waals surface area contributed by atoms with Crippen LogP contribution < -0.4 is 20.9 Å². The van der Waals surface area contributed by atoms with Gasteiger partial charge in [0.1, 0.15) is 0 Å². The topological polar surface area (TPSA) is 105 Å². The number of amides is 3. The number of hydrogen-bond donors (Lipinski definition) is 2. The van der Waals surface area contributed by atoms with E-state index in [0.717, 1.165) is 10.6 Å². The minimum absolute atomic E-state index is 0.245. The summed E-state index contributed by atoms with van der Waals surface area (Å²) in [4.78, 5) is 40.2. The van der Waals surface area contributed by atoms with Crippen LogP contribution in [0.15, 0.2) is 48.5 Å². The predicted octanol–water partition coefficient (Wildman–Crippen LogP) is 1.62. The van der Waals surface area contributed by atoms with Crippen molar-refractivity contribution in [3.05, 3.63) is 48.5 Å². The number of carbonyl (C=O) groups is 3. The molecule has 146 valence electrons. The summed E-state index contributed by atoms with van der Waals surface area (Å²) in [6.07, 6.45) is 0. The lowest BCUT2D eigenvalue weighted by molar-refractivity contribution is -0.136. The number of carbonyl (C=O) groups excluding carboxylic acids is 3. The lowest BCUT2D eigenvalue weighted by Gasteiger charge is -2.30. The lowest BCUT2D eigenvalue weighted by Crippen LogP contribution is -2.43. The van der Waals surface area contributed by atoms with E-state index in [1.54, 1.807) is 30.3 Å². The summed E-state index contributed by atoms with van der Waals surface area (Å²) in [5.74, 6) is -2.46. The zero-order valence-corrected chi connectivity index (χ0v) is 15.6. The molecule has 3 N–H and O–H groups in total. The van der Waals surface area contributed by atoms with Crippen LogP contribution >= 0.6 is 0 Å². The van der Waals surface area contributed by atoms with Crippen LogP contribution in [0.25, 0.3) is 0 Å². The van der Waals surface area contributed by atoms with Crippen molar-refractivity contribution in [2.45, 2.75) is 6.92 Å². The van der Waals surface area contributed by atoms with Crippen LogP contribution in [-0.2, 0) is 19.1 Å². The molecule has 0 spiro atoms. The molecule has 0 aromatic heterocycles. The first-order valence-electron chi connectivity index (χ1n) is 8.90. The monoisotopic (exact) mass is 382 g/mol. The Morgan fingerprint density at radius 1 is 1.07 bits per heavy atom. The van der Waals surface area contributed by atoms with Crippen molar-refractivity contribution in [3.63, 3.8) is 0 Å². The Morgan fingerprint density at radius 3 is 2.46 bits per heavy atom. The fourth-order valence-electron chi connectivity index (χ4n) is 3.04. The van der Waals surface area contributed by atoms with Crippen molar-refractivity contribution in [3.8, 4) is 0 Å². The van der Waals surface area contributed by atoms with Crippen LogP contribution in [0.5, 0.6) is 0 Å². The molecule has 0 radical (unpaired) electrons. The van der Waals surface area contributed by atoms with Gasteiger partial charge in [-0.25, -0.2) is 4.90 Å². The van der Waals surface area contributed by atoms with Crippen LogP contribution in [0.4, 0.5) is 22.7 Å². The molecule has 8 nitrogen and oxygen atoms in total. The molecule has 28 heavy (non-hydrogen) atoms. The molecule has 0 saturated carbocycles. The van der Waals surface area contributed by atoms with Crippen LogP contribution in [-0.4, -0.2) is 44.0 Å². The van der Waals surface area contributed by atoms with Gasteiger partial charge in [0.25, 0.3) is 0 Å². The molecule has 1 heterocycles. The molecule has 1 saturated heterocycles. The number of morpholine rings is 1. The van der Waals surface area contributed by atoms with Crippen molar-refractivity contribution in [2.75, 3.05) is 47.2 Å². The highest BCUT2D eigenvalue weighted by Crippen LogP contribution is 2.26. The highest BCUT2D eigenvalue weighted by atomic mass is 16.5. The van der Waals surface area contributed by atoms with E-state index in [-0.39, 0.29) is 5.69 Å². The number of anilines is 4. The molecule has 0 bridgehead atoms. The highest BCUT2D eigenvalue weighted by Gasteiger charge is 2.28. The molecule has 0 unspecified atom stereocenters. The summed E-state index contributed by atoms with van der Waals surface area (Å²) in [5, 5.41) is 2.63. The van der Waals surface area contributed by atoms with Gasteiger partial charge in [-0.1, -0.05) is 18.2 Å². The van der Waals surface area contributed by atoms with Crippen LogP contribution in [0.2, 0.25) is 0 Å². The summed E-state index contributed by atoms with van der Waals surface area (Å²) < 4.78 is 5.36. The number of nitrogen functional groups attached to an aromatic ring is 1. The number of ether oxygens (including phenoxy) is 1. The molecule has 3 rings (SSSR count). The second kappa shape index (κ2) is 8.53. The average Bonchev–Trinajstić information content (AvgIpc) is 2.69. The zero-order chi connectivity index (χ0) is 20.1. The van der Waals surface area contributed by atoms with E-state index >= 15 is 0 Å². The Labute approximate surface area is 162 Å². The normalized spacial score (nSPS) is 13.7. The van der Waals surface area contributed by atoms with Crippen molar-refractivity contribution in [2.24, 2.45) is 0 Å². The first-order valence-corrected chi connectivity index (χ1v) is 8.90. The Bertz CT molecular complexity index is 893. The molecule has 3 amide bonds. The minimum Gasteiger partial charge on any atom is -0.399 e. The Balaban J connectivity index is 1.82. The maximum Gasteiger partial charge on any atom is 0.323 e. The second-order valence-electron chi connectivity index (χ2n) is 6.33. The molecule has 2 aromatic rings. The summed E-state index contributed by atoms with van der Waals surface area (Å²) in [6.45, 7) is 3.77. The van der Waals surface area contributed by atoms with Crippen molar-refractivity contribution >= 4 is 40.5 Å². The maximum atomic E-state index is 12.7. The van der Waals surface area contributed by atoms with E-state index in [0.29, 0.717) is 37.7 Å². The fourth-order valence-corrected chi connectivity index (χ4v) is 3.04. The largest absolute Gasteiger partial charge is 0.399 e. The Morgan fingerprint density at radius 2 is 1.79 bits per heavy atom. The molecule has 8 heteroatoms. The van der Waals surface area contributed by atoms with Crippen molar-refractivity contribution < 1.29 is 19.1 Å². The van der Waals surface area contributed by atoms with E-state index in [9.17, 15) is 14.4 Å². The lowest BCUT2D eigenvalue weighted by atomic mass is 10.2. The molecule has 0 atom stereocenters. The van der Waals surface area contributed by atoms with Gasteiger partial charge in [0.05, 0.1) is 30.3 Å². The van der Waals surface area contributed by atoms with Gasteiger partial charge in [0, 0.05) is 25.7 Å². The molecule has 2 aromatic carbocycles. The zero-order valence-electron chi connectivity index (χ0n) is 15.6. The number of rotatable bonds is 3. The first-order chi connectivity index (χ1) is 13.5. The van der Waals surface area contributed by atoms with Gasteiger partial charge >= 0.3 is 11.8 Å². The first kappa shape index (κ1) is 19.4. The third-order valence-corrected chi connectivity index (χ3v) is 4.34. The second-order valence-corrected chi connectivity index (χ2v) is 6.33.